The summed E-state index contributed by atoms with van der Waals surface area (Å²) in [5, 5.41) is 3.66. The van der Waals surface area contributed by atoms with Crippen LogP contribution in [0.3, 0.4) is 0 Å². The van der Waals surface area contributed by atoms with E-state index in [1.54, 1.807) is 0 Å². The summed E-state index contributed by atoms with van der Waals surface area (Å²) in [7, 11) is 0. The Kier molecular flexibility index (Phi) is 4.26. The average Bonchev–Trinajstić information content (AvgIpc) is 2.21. The van der Waals surface area contributed by atoms with Crippen LogP contribution in [0.25, 0.3) is 0 Å². The van der Waals surface area contributed by atoms with Crippen LogP contribution in [0.4, 0.5) is 0 Å². The van der Waals surface area contributed by atoms with Crippen LogP contribution >= 0.6 is 0 Å². The third-order valence-corrected chi connectivity index (χ3v) is 4.22. The molecule has 0 aromatic rings. The Balaban J connectivity index is 1.78. The Morgan fingerprint density at radius 3 is 2.75 bits per heavy atom. The summed E-state index contributed by atoms with van der Waals surface area (Å²) in [6.07, 6.45) is 9.24. The maximum Gasteiger partial charge on any atom is 0.0672 e. The summed E-state index contributed by atoms with van der Waals surface area (Å²) in [4.78, 5) is 0. The van der Waals surface area contributed by atoms with Gasteiger partial charge in [0.1, 0.15) is 0 Å². The van der Waals surface area contributed by atoms with Gasteiger partial charge in [-0.05, 0) is 45.1 Å². The molecule has 2 aliphatic rings. The fourth-order valence-electron chi connectivity index (χ4n) is 3.10. The van der Waals surface area contributed by atoms with Crippen LogP contribution in [0, 0.1) is 5.92 Å². The molecule has 16 heavy (non-hydrogen) atoms. The zero-order chi connectivity index (χ0) is 11.4. The predicted octanol–water partition coefficient (Wildman–Crippen LogP) is 3.11. The second-order valence-electron chi connectivity index (χ2n) is 5.94. The van der Waals surface area contributed by atoms with Crippen molar-refractivity contribution in [3.63, 3.8) is 0 Å². The lowest BCUT2D eigenvalue weighted by molar-refractivity contribution is -0.0944. The summed E-state index contributed by atoms with van der Waals surface area (Å²) >= 11 is 0. The fourth-order valence-corrected chi connectivity index (χ4v) is 3.10. The topological polar surface area (TPSA) is 21.3 Å². The third kappa shape index (κ3) is 3.21. The molecule has 1 saturated carbocycles. The van der Waals surface area contributed by atoms with Crippen LogP contribution in [0.1, 0.15) is 58.8 Å². The molecular weight excluding hydrogens is 198 g/mol. The molecule has 0 aromatic carbocycles. The second-order valence-corrected chi connectivity index (χ2v) is 5.94. The highest BCUT2D eigenvalue weighted by atomic mass is 16.5. The van der Waals surface area contributed by atoms with Gasteiger partial charge in [-0.25, -0.2) is 0 Å². The van der Waals surface area contributed by atoms with Gasteiger partial charge in [0.05, 0.1) is 5.60 Å². The number of nitrogens with one attached hydrogen (secondary N) is 1. The van der Waals surface area contributed by atoms with Gasteiger partial charge in [-0.3, -0.25) is 0 Å². The predicted molar refractivity (Wildman–Crippen MR) is 67.6 cm³/mol. The minimum Gasteiger partial charge on any atom is -0.375 e. The van der Waals surface area contributed by atoms with Crippen LogP contribution in [0.2, 0.25) is 0 Å². The van der Waals surface area contributed by atoms with Crippen molar-refractivity contribution in [3.05, 3.63) is 0 Å². The van der Waals surface area contributed by atoms with Gasteiger partial charge < -0.3 is 10.1 Å². The summed E-state index contributed by atoms with van der Waals surface area (Å²) in [5.74, 6) is 0.954. The van der Waals surface area contributed by atoms with Gasteiger partial charge in [-0.2, -0.15) is 0 Å². The van der Waals surface area contributed by atoms with Crippen LogP contribution in [-0.2, 0) is 4.74 Å². The molecule has 0 bridgehead atoms. The van der Waals surface area contributed by atoms with Crippen molar-refractivity contribution in [2.45, 2.75) is 70.4 Å². The first-order chi connectivity index (χ1) is 7.72. The summed E-state index contributed by atoms with van der Waals surface area (Å²) in [6, 6.07) is 0.693. The lowest BCUT2D eigenvalue weighted by Gasteiger charge is -2.42. The van der Waals surface area contributed by atoms with Crippen molar-refractivity contribution >= 4 is 0 Å². The Labute approximate surface area is 100 Å². The molecule has 0 amide bonds. The maximum atomic E-state index is 6.04. The summed E-state index contributed by atoms with van der Waals surface area (Å²) < 4.78 is 6.04. The quantitative estimate of drug-likeness (QED) is 0.776. The van der Waals surface area contributed by atoms with Crippen molar-refractivity contribution < 1.29 is 4.74 Å². The number of ether oxygens (including phenoxy) is 1. The number of rotatable bonds is 5. The molecule has 1 aliphatic carbocycles. The molecule has 1 heterocycles. The monoisotopic (exact) mass is 225 g/mol. The Hall–Kier alpha value is -0.0800. The van der Waals surface area contributed by atoms with E-state index in [1.165, 1.54) is 44.9 Å². The lowest BCUT2D eigenvalue weighted by Crippen LogP contribution is -2.46. The van der Waals surface area contributed by atoms with Crippen LogP contribution in [0.5, 0.6) is 0 Å². The normalized spacial score (nSPS) is 36.0. The molecule has 0 spiro atoms. The molecule has 2 rings (SSSR count). The first kappa shape index (κ1) is 12.4. The van der Waals surface area contributed by atoms with Gasteiger partial charge in [-0.15, -0.1) is 0 Å². The van der Waals surface area contributed by atoms with E-state index in [2.05, 4.69) is 19.2 Å². The van der Waals surface area contributed by atoms with Gasteiger partial charge in [0.15, 0.2) is 0 Å². The number of hydrogen-bond donors (Lipinski definition) is 1. The highest BCUT2D eigenvalue weighted by Gasteiger charge is 2.36. The molecule has 94 valence electrons. The summed E-state index contributed by atoms with van der Waals surface area (Å²) in [6.45, 7) is 6.67. The molecule has 1 saturated heterocycles. The van der Waals surface area contributed by atoms with E-state index in [-0.39, 0.29) is 5.60 Å². The van der Waals surface area contributed by atoms with Crippen molar-refractivity contribution in [2.24, 2.45) is 5.92 Å². The van der Waals surface area contributed by atoms with E-state index in [0.29, 0.717) is 6.04 Å². The SMILES string of the molecule is CCCNC1CCOC(C)(CC2CCC2)C1. The van der Waals surface area contributed by atoms with Crippen molar-refractivity contribution in [3.8, 4) is 0 Å². The van der Waals surface area contributed by atoms with Crippen LogP contribution in [-0.4, -0.2) is 24.8 Å². The maximum absolute atomic E-state index is 6.04. The van der Waals surface area contributed by atoms with Crippen molar-refractivity contribution in [1.82, 2.24) is 5.32 Å². The van der Waals surface area contributed by atoms with E-state index in [0.717, 1.165) is 19.1 Å². The average molecular weight is 225 g/mol. The van der Waals surface area contributed by atoms with Gasteiger partial charge in [0.2, 0.25) is 0 Å². The lowest BCUT2D eigenvalue weighted by atomic mass is 9.75. The molecule has 2 heteroatoms. The first-order valence-corrected chi connectivity index (χ1v) is 7.09. The largest absolute Gasteiger partial charge is 0.375 e. The van der Waals surface area contributed by atoms with E-state index in [9.17, 15) is 0 Å². The minimum absolute atomic E-state index is 0.161. The first-order valence-electron chi connectivity index (χ1n) is 7.09. The smallest absolute Gasteiger partial charge is 0.0672 e. The van der Waals surface area contributed by atoms with Gasteiger partial charge in [0.25, 0.3) is 0 Å². The molecule has 0 aromatic heterocycles. The Morgan fingerprint density at radius 1 is 1.31 bits per heavy atom. The molecular formula is C14H27NO. The molecule has 1 aliphatic heterocycles. The van der Waals surface area contributed by atoms with Crippen LogP contribution in [0.15, 0.2) is 0 Å². The standard InChI is InChI=1S/C14H27NO/c1-3-8-15-13-7-9-16-14(2,11-13)10-12-5-4-6-12/h12-13,15H,3-11H2,1-2H3. The van der Waals surface area contributed by atoms with Crippen molar-refractivity contribution in [1.29, 1.82) is 0 Å². The third-order valence-electron chi connectivity index (χ3n) is 4.22. The van der Waals surface area contributed by atoms with Gasteiger partial charge in [-0.1, -0.05) is 26.2 Å². The molecule has 2 unspecified atom stereocenters. The summed E-state index contributed by atoms with van der Waals surface area (Å²) in [5.41, 5.74) is 0.161. The molecule has 2 atom stereocenters. The van der Waals surface area contributed by atoms with E-state index in [1.807, 2.05) is 0 Å². The molecule has 0 radical (unpaired) electrons. The molecule has 2 nitrogen and oxygen atoms in total. The Bertz CT molecular complexity index is 215. The van der Waals surface area contributed by atoms with Gasteiger partial charge in [0, 0.05) is 12.6 Å². The van der Waals surface area contributed by atoms with E-state index in [4.69, 9.17) is 4.74 Å². The number of hydrogen-bond acceptors (Lipinski definition) is 2. The zero-order valence-corrected chi connectivity index (χ0v) is 10.9. The zero-order valence-electron chi connectivity index (χ0n) is 10.9. The second kappa shape index (κ2) is 5.50. The van der Waals surface area contributed by atoms with Gasteiger partial charge >= 0.3 is 0 Å². The minimum atomic E-state index is 0.161. The van der Waals surface area contributed by atoms with Crippen molar-refractivity contribution in [2.75, 3.05) is 13.2 Å². The van der Waals surface area contributed by atoms with E-state index < -0.39 is 0 Å². The van der Waals surface area contributed by atoms with Crippen LogP contribution < -0.4 is 5.32 Å². The van der Waals surface area contributed by atoms with E-state index >= 15 is 0 Å². The fraction of sp³-hybridized carbons (Fsp3) is 1.00. The highest BCUT2D eigenvalue weighted by molar-refractivity contribution is 4.89. The molecule has 2 fully saturated rings. The Morgan fingerprint density at radius 2 is 2.12 bits per heavy atom. The molecule has 1 N–H and O–H groups in total. The highest BCUT2D eigenvalue weighted by Crippen LogP contribution is 2.38.